The van der Waals surface area contributed by atoms with Gasteiger partial charge in [-0.25, -0.2) is 4.98 Å². The number of hydrogen-bond donors (Lipinski definition) is 1. The number of fused-ring (bicyclic) bond motifs is 1. The summed E-state index contributed by atoms with van der Waals surface area (Å²) in [7, 11) is 0. The fourth-order valence-electron chi connectivity index (χ4n) is 2.97. The molecule has 2 aromatic heterocycles. The Morgan fingerprint density at radius 2 is 1.96 bits per heavy atom. The smallest absolute Gasteiger partial charge is 0.221 e. The lowest BCUT2D eigenvalue weighted by atomic mass is 10.1. The topological polar surface area (TPSA) is 59.8 Å². The molecule has 0 radical (unpaired) electrons. The first kappa shape index (κ1) is 15.1. The van der Waals surface area contributed by atoms with Gasteiger partial charge in [0.25, 0.3) is 0 Å². The van der Waals surface area contributed by atoms with Crippen LogP contribution < -0.4 is 5.32 Å². The molecular formula is C20H16N4O. The van der Waals surface area contributed by atoms with Crippen molar-refractivity contribution in [2.24, 2.45) is 0 Å². The Morgan fingerprint density at radius 1 is 1.08 bits per heavy atom. The Kier molecular flexibility index (Phi) is 3.74. The molecule has 0 saturated heterocycles. The number of carbonyl (C=O) groups is 1. The monoisotopic (exact) mass is 328 g/mol. The molecule has 0 spiro atoms. The minimum absolute atomic E-state index is 0.0930. The summed E-state index contributed by atoms with van der Waals surface area (Å²) in [6.45, 7) is 1.50. The Morgan fingerprint density at radius 3 is 2.84 bits per heavy atom. The minimum Gasteiger partial charge on any atom is -0.326 e. The van der Waals surface area contributed by atoms with Gasteiger partial charge in [-0.2, -0.15) is 0 Å². The van der Waals surface area contributed by atoms with E-state index in [2.05, 4.69) is 21.4 Å². The average Bonchev–Trinajstić information content (AvgIpc) is 3.10. The van der Waals surface area contributed by atoms with Crippen LogP contribution in [0.15, 0.2) is 73.3 Å². The van der Waals surface area contributed by atoms with Gasteiger partial charge in [0, 0.05) is 54.0 Å². The van der Waals surface area contributed by atoms with Crippen molar-refractivity contribution in [3.8, 4) is 17.1 Å². The van der Waals surface area contributed by atoms with Crippen molar-refractivity contribution in [3.63, 3.8) is 0 Å². The SMILES string of the molecule is CC(=O)Nc1cccc(-n2ccnc2-c2cccc3cnccc23)c1. The Balaban J connectivity index is 1.85. The maximum atomic E-state index is 11.3. The predicted octanol–water partition coefficient (Wildman–Crippen LogP) is 4.05. The van der Waals surface area contributed by atoms with Crippen LogP contribution in [0.1, 0.15) is 6.92 Å². The summed E-state index contributed by atoms with van der Waals surface area (Å²) in [5.74, 6) is 0.751. The second-order valence-electron chi connectivity index (χ2n) is 5.75. The second-order valence-corrected chi connectivity index (χ2v) is 5.75. The number of aromatic nitrogens is 3. The van der Waals surface area contributed by atoms with Crippen LogP contribution in [0.25, 0.3) is 27.8 Å². The molecule has 0 aliphatic heterocycles. The zero-order chi connectivity index (χ0) is 17.2. The minimum atomic E-state index is -0.0930. The molecule has 0 saturated carbocycles. The standard InChI is InChI=1S/C20H16N4O/c1-14(25)23-16-5-3-6-17(12-16)24-11-10-22-20(24)19-7-2-4-15-13-21-9-8-18(15)19/h2-13H,1H3,(H,23,25). The summed E-state index contributed by atoms with van der Waals surface area (Å²) in [6, 6.07) is 15.8. The van der Waals surface area contributed by atoms with Crippen LogP contribution in [0.2, 0.25) is 0 Å². The molecular weight excluding hydrogens is 312 g/mol. The van der Waals surface area contributed by atoms with Gasteiger partial charge in [-0.3, -0.25) is 14.3 Å². The zero-order valence-corrected chi connectivity index (χ0v) is 13.7. The Bertz CT molecular complexity index is 1060. The molecule has 2 heterocycles. The normalized spacial score (nSPS) is 10.8. The molecule has 122 valence electrons. The summed E-state index contributed by atoms with van der Waals surface area (Å²) in [6.07, 6.45) is 7.34. The number of carbonyl (C=O) groups excluding carboxylic acids is 1. The van der Waals surface area contributed by atoms with Gasteiger partial charge in [-0.05, 0) is 29.7 Å². The van der Waals surface area contributed by atoms with Crippen molar-refractivity contribution in [3.05, 3.63) is 73.3 Å². The number of amides is 1. The number of nitrogens with zero attached hydrogens (tertiary/aromatic N) is 3. The van der Waals surface area contributed by atoms with Gasteiger partial charge >= 0.3 is 0 Å². The molecule has 4 aromatic rings. The Hall–Kier alpha value is -3.47. The summed E-state index contributed by atoms with van der Waals surface area (Å²) in [5, 5.41) is 4.99. The van der Waals surface area contributed by atoms with E-state index in [1.807, 2.05) is 59.4 Å². The van der Waals surface area contributed by atoms with Crippen LogP contribution in [0.3, 0.4) is 0 Å². The predicted molar refractivity (Wildman–Crippen MR) is 98.6 cm³/mol. The zero-order valence-electron chi connectivity index (χ0n) is 13.7. The number of anilines is 1. The van der Waals surface area contributed by atoms with E-state index < -0.39 is 0 Å². The highest BCUT2D eigenvalue weighted by Gasteiger charge is 2.11. The first-order valence-corrected chi connectivity index (χ1v) is 7.97. The molecule has 4 rings (SSSR count). The fourth-order valence-corrected chi connectivity index (χ4v) is 2.97. The van der Waals surface area contributed by atoms with Crippen molar-refractivity contribution in [1.29, 1.82) is 0 Å². The van der Waals surface area contributed by atoms with Crippen molar-refractivity contribution in [1.82, 2.24) is 14.5 Å². The van der Waals surface area contributed by atoms with Gasteiger partial charge in [0.1, 0.15) is 5.82 Å². The van der Waals surface area contributed by atoms with Gasteiger partial charge in [-0.1, -0.05) is 24.3 Å². The summed E-state index contributed by atoms with van der Waals surface area (Å²) in [4.78, 5) is 20.1. The maximum absolute atomic E-state index is 11.3. The molecule has 0 aliphatic rings. The third kappa shape index (κ3) is 2.87. The molecule has 1 amide bonds. The lowest BCUT2D eigenvalue weighted by Gasteiger charge is -2.11. The molecule has 25 heavy (non-hydrogen) atoms. The third-order valence-electron chi connectivity index (χ3n) is 4.01. The number of rotatable bonds is 3. The highest BCUT2D eigenvalue weighted by Crippen LogP contribution is 2.29. The second kappa shape index (κ2) is 6.20. The highest BCUT2D eigenvalue weighted by molar-refractivity contribution is 5.95. The van der Waals surface area contributed by atoms with Gasteiger partial charge in [0.05, 0.1) is 0 Å². The van der Waals surface area contributed by atoms with Crippen LogP contribution in [0, 0.1) is 0 Å². The lowest BCUT2D eigenvalue weighted by molar-refractivity contribution is -0.114. The molecule has 5 heteroatoms. The number of hydrogen-bond acceptors (Lipinski definition) is 3. The summed E-state index contributed by atoms with van der Waals surface area (Å²) >= 11 is 0. The van der Waals surface area contributed by atoms with Crippen LogP contribution in [0.4, 0.5) is 5.69 Å². The van der Waals surface area contributed by atoms with Crippen LogP contribution in [-0.2, 0) is 4.79 Å². The number of nitrogens with one attached hydrogen (secondary N) is 1. The number of imidazole rings is 1. The van der Waals surface area contributed by atoms with Gasteiger partial charge in [-0.15, -0.1) is 0 Å². The van der Waals surface area contributed by atoms with E-state index in [1.54, 1.807) is 12.4 Å². The lowest BCUT2D eigenvalue weighted by Crippen LogP contribution is -2.06. The molecule has 5 nitrogen and oxygen atoms in total. The number of pyridine rings is 1. The highest BCUT2D eigenvalue weighted by atomic mass is 16.1. The number of benzene rings is 2. The van der Waals surface area contributed by atoms with Crippen molar-refractivity contribution in [2.75, 3.05) is 5.32 Å². The van der Waals surface area contributed by atoms with E-state index in [4.69, 9.17) is 0 Å². The van der Waals surface area contributed by atoms with Crippen LogP contribution in [-0.4, -0.2) is 20.4 Å². The van der Waals surface area contributed by atoms with E-state index in [0.29, 0.717) is 0 Å². The first-order chi connectivity index (χ1) is 12.2. The first-order valence-electron chi connectivity index (χ1n) is 7.97. The Labute approximate surface area is 145 Å². The maximum Gasteiger partial charge on any atom is 0.221 e. The molecule has 2 aromatic carbocycles. The molecule has 0 atom stereocenters. The van der Waals surface area contributed by atoms with Crippen LogP contribution >= 0.6 is 0 Å². The van der Waals surface area contributed by atoms with E-state index >= 15 is 0 Å². The quantitative estimate of drug-likeness (QED) is 0.617. The molecule has 1 N–H and O–H groups in total. The van der Waals surface area contributed by atoms with Crippen molar-refractivity contribution < 1.29 is 4.79 Å². The van der Waals surface area contributed by atoms with Gasteiger partial charge < -0.3 is 5.32 Å². The van der Waals surface area contributed by atoms with Gasteiger partial charge in [0.2, 0.25) is 5.91 Å². The van der Waals surface area contributed by atoms with E-state index in [-0.39, 0.29) is 5.91 Å². The molecule has 0 unspecified atom stereocenters. The molecule has 0 fully saturated rings. The van der Waals surface area contributed by atoms with E-state index in [9.17, 15) is 4.79 Å². The van der Waals surface area contributed by atoms with Crippen molar-refractivity contribution in [2.45, 2.75) is 6.92 Å². The fraction of sp³-hybridized carbons (Fsp3) is 0.0500. The van der Waals surface area contributed by atoms with Crippen LogP contribution in [0.5, 0.6) is 0 Å². The van der Waals surface area contributed by atoms with E-state index in [0.717, 1.165) is 33.5 Å². The largest absolute Gasteiger partial charge is 0.326 e. The van der Waals surface area contributed by atoms with Crippen molar-refractivity contribution >= 4 is 22.4 Å². The molecule has 0 aliphatic carbocycles. The molecule has 0 bridgehead atoms. The summed E-state index contributed by atoms with van der Waals surface area (Å²) < 4.78 is 2.01. The van der Waals surface area contributed by atoms with E-state index in [1.165, 1.54) is 6.92 Å². The summed E-state index contributed by atoms with van der Waals surface area (Å²) in [5.41, 5.74) is 2.73. The third-order valence-corrected chi connectivity index (χ3v) is 4.01. The van der Waals surface area contributed by atoms with Gasteiger partial charge in [0.15, 0.2) is 0 Å². The average molecular weight is 328 g/mol.